The van der Waals surface area contributed by atoms with Crippen LogP contribution >= 0.6 is 11.8 Å². The summed E-state index contributed by atoms with van der Waals surface area (Å²) < 4.78 is 17.6. The maximum atomic E-state index is 12.6. The van der Waals surface area contributed by atoms with Crippen molar-refractivity contribution in [1.82, 2.24) is 0 Å². The topological polar surface area (TPSA) is 82.1 Å². The molecule has 0 bridgehead atoms. The SMILES string of the molecule is CCCCCC(C)(C)CC=C[C@@H]1C(SCCCCC(O)C(=O)OC)=C(OC(=O)CCC)C[C@H]1O[Si](C)(C)C(C)(C)C. The van der Waals surface area contributed by atoms with Crippen LogP contribution in [-0.4, -0.2) is 50.4 Å². The number of rotatable bonds is 19. The van der Waals surface area contributed by atoms with Gasteiger partial charge in [-0.2, -0.15) is 0 Å². The van der Waals surface area contributed by atoms with Crippen LogP contribution in [0.15, 0.2) is 22.8 Å². The molecule has 3 atom stereocenters. The third-order valence-electron chi connectivity index (χ3n) is 8.38. The third-order valence-corrected chi connectivity index (χ3v) is 14.2. The predicted octanol–water partition coefficient (Wildman–Crippen LogP) is 8.94. The van der Waals surface area contributed by atoms with E-state index in [0.717, 1.165) is 35.7 Å². The lowest BCUT2D eigenvalue weighted by molar-refractivity contribution is -0.150. The van der Waals surface area contributed by atoms with Crippen LogP contribution in [0, 0.1) is 11.3 Å². The van der Waals surface area contributed by atoms with E-state index in [4.69, 9.17) is 9.16 Å². The molecule has 6 nitrogen and oxygen atoms in total. The van der Waals surface area contributed by atoms with E-state index in [1.165, 1.54) is 32.8 Å². The summed E-state index contributed by atoms with van der Waals surface area (Å²) in [5.41, 5.74) is 0.230. The molecule has 238 valence electrons. The van der Waals surface area contributed by atoms with Crippen LogP contribution in [0.4, 0.5) is 0 Å². The average Bonchev–Trinajstić information content (AvgIpc) is 3.17. The third kappa shape index (κ3) is 13.4. The number of hydrogen-bond donors (Lipinski definition) is 1. The van der Waals surface area contributed by atoms with Gasteiger partial charge in [0.1, 0.15) is 5.76 Å². The van der Waals surface area contributed by atoms with Gasteiger partial charge >= 0.3 is 11.9 Å². The van der Waals surface area contributed by atoms with Crippen molar-refractivity contribution >= 4 is 32.0 Å². The molecule has 0 radical (unpaired) electrons. The van der Waals surface area contributed by atoms with Gasteiger partial charge in [-0.3, -0.25) is 4.79 Å². The minimum atomic E-state index is -2.08. The predicted molar refractivity (Wildman–Crippen MR) is 174 cm³/mol. The summed E-state index contributed by atoms with van der Waals surface area (Å²) in [4.78, 5) is 25.3. The van der Waals surface area contributed by atoms with Gasteiger partial charge in [0.25, 0.3) is 0 Å². The van der Waals surface area contributed by atoms with E-state index in [0.29, 0.717) is 25.7 Å². The maximum Gasteiger partial charge on any atom is 0.334 e. The van der Waals surface area contributed by atoms with E-state index >= 15 is 0 Å². The minimum Gasteiger partial charge on any atom is -0.467 e. The van der Waals surface area contributed by atoms with Crippen molar-refractivity contribution in [1.29, 1.82) is 0 Å². The Balaban J connectivity index is 3.20. The van der Waals surface area contributed by atoms with E-state index < -0.39 is 20.4 Å². The highest BCUT2D eigenvalue weighted by Gasteiger charge is 2.44. The Bertz CT molecular complexity index is 873. The number of methoxy groups -OCH3 is 1. The molecule has 0 aromatic rings. The standard InChI is InChI=1S/C33H60O6SSi/c1-11-13-15-21-33(6,7)22-17-19-25-27(39-41(9,10)32(3,4)5)24-28(38-29(35)18-12-2)30(25)40-23-16-14-20-26(34)31(36)37-8/h17,19,25-27,34H,11-16,18,20-24H2,1-10H3/t25-,26?,27+/m0/s1. The van der Waals surface area contributed by atoms with E-state index in [1.807, 2.05) is 6.92 Å². The van der Waals surface area contributed by atoms with Crippen molar-refractivity contribution in [2.24, 2.45) is 11.3 Å². The van der Waals surface area contributed by atoms with Gasteiger partial charge in [0.15, 0.2) is 14.4 Å². The number of thioether (sulfide) groups is 1. The average molecular weight is 613 g/mol. The van der Waals surface area contributed by atoms with Crippen LogP contribution in [0.3, 0.4) is 0 Å². The summed E-state index contributed by atoms with van der Waals surface area (Å²) in [6.07, 6.45) is 13.1. The van der Waals surface area contributed by atoms with Crippen molar-refractivity contribution in [3.63, 3.8) is 0 Å². The molecule has 0 aromatic carbocycles. The smallest absolute Gasteiger partial charge is 0.334 e. The Morgan fingerprint density at radius 1 is 1.07 bits per heavy atom. The van der Waals surface area contributed by atoms with Gasteiger partial charge in [0.2, 0.25) is 0 Å². The molecule has 1 unspecified atom stereocenters. The zero-order valence-electron chi connectivity index (χ0n) is 27.8. The van der Waals surface area contributed by atoms with Crippen LogP contribution in [0.1, 0.15) is 119 Å². The molecule has 0 saturated carbocycles. The maximum absolute atomic E-state index is 12.6. The molecule has 1 aliphatic carbocycles. The molecule has 0 heterocycles. The van der Waals surface area contributed by atoms with Crippen LogP contribution < -0.4 is 0 Å². The lowest BCUT2D eigenvalue weighted by Crippen LogP contribution is -2.45. The van der Waals surface area contributed by atoms with Gasteiger partial charge in [-0.25, -0.2) is 4.79 Å². The molecule has 0 saturated heterocycles. The summed E-state index contributed by atoms with van der Waals surface area (Å²) in [5, 5.41) is 10.00. The second-order valence-electron chi connectivity index (χ2n) is 13.8. The van der Waals surface area contributed by atoms with Crippen LogP contribution in [-0.2, 0) is 23.5 Å². The first-order valence-electron chi connectivity index (χ1n) is 15.8. The molecule has 0 aliphatic heterocycles. The van der Waals surface area contributed by atoms with E-state index in [9.17, 15) is 14.7 Å². The number of aliphatic hydroxyl groups excluding tert-OH is 1. The van der Waals surface area contributed by atoms with Crippen molar-refractivity contribution in [3.05, 3.63) is 22.8 Å². The lowest BCUT2D eigenvalue weighted by atomic mass is 9.83. The molecule has 0 amide bonds. The second-order valence-corrected chi connectivity index (χ2v) is 19.7. The molecule has 0 spiro atoms. The van der Waals surface area contributed by atoms with Gasteiger partial charge in [0.05, 0.1) is 13.2 Å². The normalized spacial score (nSPS) is 19.2. The Labute approximate surface area is 256 Å². The zero-order valence-corrected chi connectivity index (χ0v) is 29.6. The summed E-state index contributed by atoms with van der Waals surface area (Å²) >= 11 is 1.73. The fourth-order valence-electron chi connectivity index (χ4n) is 4.67. The highest BCUT2D eigenvalue weighted by molar-refractivity contribution is 8.03. The number of allylic oxidation sites excluding steroid dienone is 1. The van der Waals surface area contributed by atoms with Crippen molar-refractivity contribution < 1.29 is 28.6 Å². The highest BCUT2D eigenvalue weighted by atomic mass is 32.2. The Kier molecular flexibility index (Phi) is 16.5. The quantitative estimate of drug-likeness (QED) is 0.0675. The van der Waals surface area contributed by atoms with Crippen LogP contribution in [0.5, 0.6) is 0 Å². The molecule has 0 aromatic heterocycles. The molecule has 0 fully saturated rings. The first kappa shape index (κ1) is 37.9. The highest BCUT2D eigenvalue weighted by Crippen LogP contribution is 2.47. The van der Waals surface area contributed by atoms with Crippen LogP contribution in [0.2, 0.25) is 18.1 Å². The van der Waals surface area contributed by atoms with Gasteiger partial charge in [-0.05, 0) is 67.8 Å². The summed E-state index contributed by atoms with van der Waals surface area (Å²) in [6, 6.07) is 0. The number of aliphatic hydroxyl groups is 1. The van der Waals surface area contributed by atoms with Crippen molar-refractivity contribution in [2.45, 2.75) is 149 Å². The molecule has 1 N–H and O–H groups in total. The van der Waals surface area contributed by atoms with Gasteiger partial charge in [-0.15, -0.1) is 11.8 Å². The van der Waals surface area contributed by atoms with Crippen molar-refractivity contribution in [3.8, 4) is 0 Å². The molecular formula is C33H60O6SSi. The molecule has 1 aliphatic rings. The summed E-state index contributed by atoms with van der Waals surface area (Å²) in [6.45, 7) is 20.3. The first-order valence-corrected chi connectivity index (χ1v) is 19.6. The van der Waals surface area contributed by atoms with Gasteiger partial charge in [0, 0.05) is 23.7 Å². The Morgan fingerprint density at radius 3 is 2.34 bits per heavy atom. The number of unbranched alkanes of at least 4 members (excludes halogenated alkanes) is 3. The molecule has 1 rings (SSSR count). The number of hydrogen-bond acceptors (Lipinski definition) is 7. The fourth-order valence-corrected chi connectivity index (χ4v) is 7.29. The molecular weight excluding hydrogens is 553 g/mol. The summed E-state index contributed by atoms with van der Waals surface area (Å²) in [7, 11) is -0.787. The van der Waals surface area contributed by atoms with E-state index in [-0.39, 0.29) is 28.4 Å². The van der Waals surface area contributed by atoms with E-state index in [2.05, 4.69) is 71.5 Å². The summed E-state index contributed by atoms with van der Waals surface area (Å²) in [5.74, 6) is 0.816. The van der Waals surface area contributed by atoms with Crippen LogP contribution in [0.25, 0.3) is 0 Å². The lowest BCUT2D eigenvalue weighted by Gasteiger charge is -2.39. The van der Waals surface area contributed by atoms with Gasteiger partial charge in [-0.1, -0.05) is 79.9 Å². The molecule has 8 heteroatoms. The Morgan fingerprint density at radius 2 is 1.76 bits per heavy atom. The van der Waals surface area contributed by atoms with Gasteiger partial charge < -0.3 is 19.0 Å². The monoisotopic (exact) mass is 612 g/mol. The van der Waals surface area contributed by atoms with Crippen molar-refractivity contribution in [2.75, 3.05) is 12.9 Å². The number of esters is 2. The molecule has 41 heavy (non-hydrogen) atoms. The number of carbonyl (C=O) groups is 2. The first-order chi connectivity index (χ1) is 19.1. The number of carbonyl (C=O) groups excluding carboxylic acids is 2. The van der Waals surface area contributed by atoms with E-state index in [1.54, 1.807) is 11.8 Å². The fraction of sp³-hybridized carbons (Fsp3) is 0.818. The largest absolute Gasteiger partial charge is 0.467 e. The zero-order chi connectivity index (χ0) is 31.3. The minimum absolute atomic E-state index is 0.0330. The Hall–Kier alpha value is -1.09. The number of ether oxygens (including phenoxy) is 2. The second kappa shape index (κ2) is 17.9.